The molecule has 0 N–H and O–H groups in total. The van der Waals surface area contributed by atoms with Gasteiger partial charge in [0.15, 0.2) is 0 Å². The first-order chi connectivity index (χ1) is 13.9. The van der Waals surface area contributed by atoms with Gasteiger partial charge in [0.1, 0.15) is 11.6 Å². The summed E-state index contributed by atoms with van der Waals surface area (Å²) in [7, 11) is 1.56. The molecule has 0 unspecified atom stereocenters. The maximum atomic E-state index is 13.2. The Morgan fingerprint density at radius 1 is 1.07 bits per heavy atom. The van der Waals surface area contributed by atoms with Gasteiger partial charge in [-0.25, -0.2) is 4.39 Å². The van der Waals surface area contributed by atoms with E-state index in [1.807, 2.05) is 13.8 Å². The number of furan rings is 1. The number of ether oxygens (including phenoxy) is 1. The van der Waals surface area contributed by atoms with Gasteiger partial charge in [0, 0.05) is 26.6 Å². The monoisotopic (exact) mass is 404 g/mol. The van der Waals surface area contributed by atoms with E-state index in [9.17, 15) is 14.0 Å². The molecule has 0 aliphatic rings. The normalized spacial score (nSPS) is 10.9. The van der Waals surface area contributed by atoms with Crippen molar-refractivity contribution in [1.29, 1.82) is 0 Å². The fourth-order valence-electron chi connectivity index (χ4n) is 2.87. The average molecular weight is 404 g/mol. The minimum Gasteiger partial charge on any atom is -0.467 e. The minimum absolute atomic E-state index is 0.0448. The zero-order chi connectivity index (χ0) is 21.2. The first-order valence-corrected chi connectivity index (χ1v) is 9.70. The van der Waals surface area contributed by atoms with Crippen LogP contribution in [0.3, 0.4) is 0 Å². The van der Waals surface area contributed by atoms with Gasteiger partial charge in [-0.05, 0) is 35.7 Å². The third-order valence-corrected chi connectivity index (χ3v) is 4.39. The Kier molecular flexibility index (Phi) is 8.86. The summed E-state index contributed by atoms with van der Waals surface area (Å²) in [6.07, 6.45) is 1.92. The molecule has 0 spiro atoms. The van der Waals surface area contributed by atoms with Crippen molar-refractivity contribution in [3.8, 4) is 0 Å². The largest absolute Gasteiger partial charge is 0.467 e. The highest BCUT2D eigenvalue weighted by Crippen LogP contribution is 2.13. The Hall–Kier alpha value is -2.67. The second kappa shape index (κ2) is 11.4. The van der Waals surface area contributed by atoms with Crippen LogP contribution < -0.4 is 0 Å². The standard InChI is InChI=1S/C22H29FN2O4/c1-17(2)13-21(26)24(10-12-28-3)16-22(27)25(15-20-5-4-11-29-20)14-18-6-8-19(23)9-7-18/h4-9,11,17H,10,12-16H2,1-3H3. The molecule has 7 heteroatoms. The minimum atomic E-state index is -0.331. The molecular weight excluding hydrogens is 375 g/mol. The van der Waals surface area contributed by atoms with E-state index in [1.165, 1.54) is 17.0 Å². The smallest absolute Gasteiger partial charge is 0.242 e. The fourth-order valence-corrected chi connectivity index (χ4v) is 2.87. The predicted octanol–water partition coefficient (Wildman–Crippen LogP) is 3.47. The van der Waals surface area contributed by atoms with Crippen LogP contribution in [0.2, 0.25) is 0 Å². The summed E-state index contributed by atoms with van der Waals surface area (Å²) in [6, 6.07) is 9.56. The fraction of sp³-hybridized carbons (Fsp3) is 0.455. The van der Waals surface area contributed by atoms with Crippen molar-refractivity contribution in [1.82, 2.24) is 9.80 Å². The Morgan fingerprint density at radius 3 is 2.38 bits per heavy atom. The van der Waals surface area contributed by atoms with Gasteiger partial charge in [-0.15, -0.1) is 0 Å². The molecule has 29 heavy (non-hydrogen) atoms. The third kappa shape index (κ3) is 7.69. The van der Waals surface area contributed by atoms with Crippen LogP contribution in [0.5, 0.6) is 0 Å². The topological polar surface area (TPSA) is 63.0 Å². The Labute approximate surface area is 171 Å². The molecule has 0 atom stereocenters. The van der Waals surface area contributed by atoms with Crippen molar-refractivity contribution < 1.29 is 23.1 Å². The molecule has 2 rings (SSSR count). The van der Waals surface area contributed by atoms with Crippen LogP contribution in [-0.2, 0) is 27.4 Å². The molecule has 158 valence electrons. The van der Waals surface area contributed by atoms with Crippen molar-refractivity contribution in [2.75, 3.05) is 26.8 Å². The SMILES string of the molecule is COCCN(CC(=O)N(Cc1ccc(F)cc1)Cc1ccco1)C(=O)CC(C)C. The molecule has 1 heterocycles. The highest BCUT2D eigenvalue weighted by Gasteiger charge is 2.22. The second-order valence-electron chi connectivity index (χ2n) is 7.36. The van der Waals surface area contributed by atoms with Crippen LogP contribution in [0, 0.1) is 11.7 Å². The second-order valence-corrected chi connectivity index (χ2v) is 7.36. The summed E-state index contributed by atoms with van der Waals surface area (Å²) in [5.41, 5.74) is 0.795. The molecule has 0 aliphatic carbocycles. The van der Waals surface area contributed by atoms with Gasteiger partial charge in [0.2, 0.25) is 11.8 Å². The first kappa shape index (κ1) is 22.6. The Bertz CT molecular complexity index is 760. The molecule has 1 aromatic heterocycles. The molecule has 0 fully saturated rings. The van der Waals surface area contributed by atoms with E-state index in [0.717, 1.165) is 5.56 Å². The summed E-state index contributed by atoms with van der Waals surface area (Å²) < 4.78 is 23.7. The van der Waals surface area contributed by atoms with Gasteiger partial charge in [0.05, 0.1) is 26.0 Å². The summed E-state index contributed by atoms with van der Waals surface area (Å²) in [4.78, 5) is 28.8. The molecule has 0 saturated carbocycles. The predicted molar refractivity (Wildman–Crippen MR) is 107 cm³/mol. The average Bonchev–Trinajstić information content (AvgIpc) is 3.18. The van der Waals surface area contributed by atoms with E-state index in [2.05, 4.69) is 0 Å². The number of carbonyl (C=O) groups excluding carboxylic acids is 2. The molecule has 2 aromatic rings. The maximum Gasteiger partial charge on any atom is 0.242 e. The van der Waals surface area contributed by atoms with Gasteiger partial charge in [-0.1, -0.05) is 26.0 Å². The highest BCUT2D eigenvalue weighted by atomic mass is 19.1. The van der Waals surface area contributed by atoms with Gasteiger partial charge >= 0.3 is 0 Å². The van der Waals surface area contributed by atoms with Crippen LogP contribution in [0.25, 0.3) is 0 Å². The number of carbonyl (C=O) groups is 2. The van der Waals surface area contributed by atoms with Crippen LogP contribution >= 0.6 is 0 Å². The zero-order valence-electron chi connectivity index (χ0n) is 17.3. The maximum absolute atomic E-state index is 13.2. The number of methoxy groups -OCH3 is 1. The lowest BCUT2D eigenvalue weighted by atomic mass is 10.1. The third-order valence-electron chi connectivity index (χ3n) is 4.39. The number of hydrogen-bond donors (Lipinski definition) is 0. The molecule has 0 bridgehead atoms. The van der Waals surface area contributed by atoms with Gasteiger partial charge in [-0.3, -0.25) is 9.59 Å². The first-order valence-electron chi connectivity index (χ1n) is 9.70. The van der Waals surface area contributed by atoms with E-state index in [1.54, 1.807) is 42.5 Å². The Morgan fingerprint density at radius 2 is 1.79 bits per heavy atom. The van der Waals surface area contributed by atoms with Crippen LogP contribution in [-0.4, -0.2) is 48.4 Å². The summed E-state index contributed by atoms with van der Waals surface area (Å²) in [5, 5.41) is 0. The Balaban J connectivity index is 2.14. The summed E-state index contributed by atoms with van der Waals surface area (Å²) in [6.45, 7) is 5.14. The number of benzene rings is 1. The van der Waals surface area contributed by atoms with Gasteiger partial charge in [-0.2, -0.15) is 0 Å². The van der Waals surface area contributed by atoms with Gasteiger partial charge < -0.3 is 19.0 Å². The van der Waals surface area contributed by atoms with Crippen molar-refractivity contribution >= 4 is 11.8 Å². The zero-order valence-corrected chi connectivity index (χ0v) is 17.3. The van der Waals surface area contributed by atoms with E-state index >= 15 is 0 Å². The number of amides is 2. The van der Waals surface area contributed by atoms with Gasteiger partial charge in [0.25, 0.3) is 0 Å². The van der Waals surface area contributed by atoms with E-state index < -0.39 is 0 Å². The van der Waals surface area contributed by atoms with Crippen LogP contribution in [0.15, 0.2) is 47.1 Å². The molecule has 2 amide bonds. The van der Waals surface area contributed by atoms with Crippen LogP contribution in [0.1, 0.15) is 31.6 Å². The molecule has 0 saturated heterocycles. The molecule has 1 aromatic carbocycles. The number of rotatable bonds is 11. The van der Waals surface area contributed by atoms with E-state index in [4.69, 9.17) is 9.15 Å². The number of nitrogens with zero attached hydrogens (tertiary/aromatic N) is 2. The van der Waals surface area contributed by atoms with E-state index in [0.29, 0.717) is 25.3 Å². The quantitative estimate of drug-likeness (QED) is 0.575. The van der Waals surface area contributed by atoms with Crippen molar-refractivity contribution in [2.24, 2.45) is 5.92 Å². The van der Waals surface area contributed by atoms with E-state index in [-0.39, 0.29) is 43.2 Å². The van der Waals surface area contributed by atoms with Crippen molar-refractivity contribution in [3.63, 3.8) is 0 Å². The molecular formula is C22H29FN2O4. The van der Waals surface area contributed by atoms with Crippen molar-refractivity contribution in [2.45, 2.75) is 33.4 Å². The molecule has 0 aliphatic heterocycles. The molecule has 6 nitrogen and oxygen atoms in total. The van der Waals surface area contributed by atoms with Crippen molar-refractivity contribution in [3.05, 3.63) is 59.8 Å². The lowest BCUT2D eigenvalue weighted by molar-refractivity contribution is -0.142. The number of halogens is 1. The highest BCUT2D eigenvalue weighted by molar-refractivity contribution is 5.85. The molecule has 0 radical (unpaired) electrons. The lowest BCUT2D eigenvalue weighted by Gasteiger charge is -2.28. The summed E-state index contributed by atoms with van der Waals surface area (Å²) in [5.74, 6) is 0.213. The summed E-state index contributed by atoms with van der Waals surface area (Å²) >= 11 is 0. The van der Waals surface area contributed by atoms with Crippen LogP contribution in [0.4, 0.5) is 4.39 Å². The lowest BCUT2D eigenvalue weighted by Crippen LogP contribution is -2.44. The number of hydrogen-bond acceptors (Lipinski definition) is 4.